The van der Waals surface area contributed by atoms with Gasteiger partial charge < -0.3 is 15.2 Å². The first-order chi connectivity index (χ1) is 8.65. The van der Waals surface area contributed by atoms with Gasteiger partial charge in [0.05, 0.1) is 12.2 Å². The van der Waals surface area contributed by atoms with Crippen molar-refractivity contribution in [2.75, 3.05) is 20.3 Å². The van der Waals surface area contributed by atoms with E-state index in [2.05, 4.69) is 16.2 Å². The molecule has 0 aromatic heterocycles. The Balaban J connectivity index is 2.38. The molecule has 1 aromatic carbocycles. The number of hydrogen-bond acceptors (Lipinski definition) is 4. The summed E-state index contributed by atoms with van der Waals surface area (Å²) in [5.74, 6) is -0.556. The molecular weight excluding hydrogens is 254 g/mol. The Bertz CT molecular complexity index is 426. The fourth-order valence-electron chi connectivity index (χ4n) is 1.16. The number of aromatic hydroxyl groups is 1. The number of benzene rings is 1. The van der Waals surface area contributed by atoms with Gasteiger partial charge in [-0.15, -0.1) is 0 Å². The van der Waals surface area contributed by atoms with E-state index in [9.17, 15) is 9.90 Å². The zero-order valence-corrected chi connectivity index (χ0v) is 10.7. The van der Waals surface area contributed by atoms with Gasteiger partial charge in [0.15, 0.2) is 5.11 Å². The number of nitrogens with one attached hydrogen (secondary N) is 3. The third-order valence-corrected chi connectivity index (χ3v) is 2.28. The van der Waals surface area contributed by atoms with Crippen LogP contribution in [-0.2, 0) is 4.74 Å². The average Bonchev–Trinajstić information content (AvgIpc) is 2.37. The average molecular weight is 269 g/mol. The van der Waals surface area contributed by atoms with E-state index in [0.717, 1.165) is 0 Å². The summed E-state index contributed by atoms with van der Waals surface area (Å²) < 4.78 is 4.83. The van der Waals surface area contributed by atoms with Crippen LogP contribution in [-0.4, -0.2) is 36.4 Å². The molecule has 0 spiro atoms. The second-order valence-electron chi connectivity index (χ2n) is 3.34. The van der Waals surface area contributed by atoms with Gasteiger partial charge in [-0.3, -0.25) is 15.6 Å². The monoisotopic (exact) mass is 269 g/mol. The van der Waals surface area contributed by atoms with Gasteiger partial charge in [0, 0.05) is 13.7 Å². The van der Waals surface area contributed by atoms with Crippen molar-refractivity contribution in [2.24, 2.45) is 0 Å². The second-order valence-corrected chi connectivity index (χ2v) is 3.75. The van der Waals surface area contributed by atoms with Crippen molar-refractivity contribution in [2.45, 2.75) is 0 Å². The van der Waals surface area contributed by atoms with Crippen LogP contribution in [0.15, 0.2) is 24.3 Å². The number of methoxy groups -OCH3 is 1. The summed E-state index contributed by atoms with van der Waals surface area (Å²) >= 11 is 4.91. The minimum Gasteiger partial charge on any atom is -0.507 e. The Labute approximate surface area is 110 Å². The Morgan fingerprint density at radius 3 is 2.78 bits per heavy atom. The molecule has 0 aliphatic heterocycles. The van der Waals surface area contributed by atoms with Gasteiger partial charge >= 0.3 is 0 Å². The van der Waals surface area contributed by atoms with E-state index in [1.807, 2.05) is 0 Å². The molecule has 0 radical (unpaired) electrons. The predicted molar refractivity (Wildman–Crippen MR) is 71.2 cm³/mol. The van der Waals surface area contributed by atoms with Crippen molar-refractivity contribution in [3.8, 4) is 5.75 Å². The maximum absolute atomic E-state index is 11.7. The molecular formula is C11H15N3O3S. The summed E-state index contributed by atoms with van der Waals surface area (Å²) in [6.07, 6.45) is 0. The predicted octanol–water partition coefficient (Wildman–Crippen LogP) is 0.147. The van der Waals surface area contributed by atoms with Crippen molar-refractivity contribution in [3.05, 3.63) is 29.8 Å². The van der Waals surface area contributed by atoms with Crippen LogP contribution in [0, 0.1) is 0 Å². The molecule has 0 aliphatic rings. The van der Waals surface area contributed by atoms with Gasteiger partial charge in [0.25, 0.3) is 5.91 Å². The highest BCUT2D eigenvalue weighted by Crippen LogP contribution is 2.14. The molecule has 7 heteroatoms. The van der Waals surface area contributed by atoms with E-state index < -0.39 is 5.91 Å². The normalized spacial score (nSPS) is 9.61. The zero-order valence-electron chi connectivity index (χ0n) is 9.90. The van der Waals surface area contributed by atoms with Crippen molar-refractivity contribution >= 4 is 23.2 Å². The van der Waals surface area contributed by atoms with Crippen molar-refractivity contribution < 1.29 is 14.6 Å². The van der Waals surface area contributed by atoms with Crippen molar-refractivity contribution in [3.63, 3.8) is 0 Å². The Morgan fingerprint density at radius 2 is 2.11 bits per heavy atom. The van der Waals surface area contributed by atoms with Crippen molar-refractivity contribution in [1.82, 2.24) is 16.2 Å². The minimum atomic E-state index is -0.469. The van der Waals surface area contributed by atoms with Crippen molar-refractivity contribution in [1.29, 1.82) is 0 Å². The summed E-state index contributed by atoms with van der Waals surface area (Å²) in [5.41, 5.74) is 5.07. The SMILES string of the molecule is COCCNC(=S)NNC(=O)c1ccccc1O. The van der Waals surface area contributed by atoms with Crippen LogP contribution < -0.4 is 16.2 Å². The molecule has 1 rings (SSSR count). The zero-order chi connectivity index (χ0) is 13.4. The summed E-state index contributed by atoms with van der Waals surface area (Å²) in [7, 11) is 1.58. The smallest absolute Gasteiger partial charge is 0.273 e. The highest BCUT2D eigenvalue weighted by Gasteiger charge is 2.09. The van der Waals surface area contributed by atoms with Gasteiger partial charge in [-0.1, -0.05) is 12.1 Å². The first-order valence-corrected chi connectivity index (χ1v) is 5.67. The standard InChI is InChI=1S/C11H15N3O3S/c1-17-7-6-12-11(18)14-13-10(16)8-4-2-3-5-9(8)15/h2-5,15H,6-7H2,1H3,(H,13,16)(H2,12,14,18). The molecule has 0 aliphatic carbocycles. The minimum absolute atomic E-state index is 0.0879. The molecule has 1 aromatic rings. The van der Waals surface area contributed by atoms with Crippen LogP contribution in [0.25, 0.3) is 0 Å². The van der Waals surface area contributed by atoms with E-state index in [1.165, 1.54) is 12.1 Å². The second kappa shape index (κ2) is 7.46. The number of hydrogen-bond donors (Lipinski definition) is 4. The fourth-order valence-corrected chi connectivity index (χ4v) is 1.31. The largest absolute Gasteiger partial charge is 0.507 e. The molecule has 4 N–H and O–H groups in total. The van der Waals surface area contributed by atoms with Gasteiger partial charge in [-0.05, 0) is 24.4 Å². The summed E-state index contributed by atoms with van der Waals surface area (Å²) in [6, 6.07) is 6.23. The molecule has 0 heterocycles. The fraction of sp³-hybridized carbons (Fsp3) is 0.273. The van der Waals surface area contributed by atoms with Gasteiger partial charge in [-0.2, -0.15) is 0 Å². The van der Waals surface area contributed by atoms with Gasteiger partial charge in [0.2, 0.25) is 0 Å². The topological polar surface area (TPSA) is 82.6 Å². The lowest BCUT2D eigenvalue weighted by Gasteiger charge is -2.11. The molecule has 0 bridgehead atoms. The number of thiocarbonyl (C=S) groups is 1. The Kier molecular flexibility index (Phi) is 5.89. The van der Waals surface area contributed by atoms with Gasteiger partial charge in [-0.25, -0.2) is 0 Å². The number of amides is 1. The number of rotatable bonds is 4. The molecule has 6 nitrogen and oxygen atoms in total. The molecule has 1 amide bonds. The van der Waals surface area contributed by atoms with E-state index >= 15 is 0 Å². The molecule has 98 valence electrons. The quantitative estimate of drug-likeness (QED) is 0.354. The molecule has 0 fully saturated rings. The number of hydrazine groups is 1. The van der Waals surface area contributed by atoms with Crippen LogP contribution in [0.3, 0.4) is 0 Å². The number of carbonyl (C=O) groups excluding carboxylic acids is 1. The molecule has 18 heavy (non-hydrogen) atoms. The van der Waals surface area contributed by atoms with Gasteiger partial charge in [0.1, 0.15) is 5.75 Å². The summed E-state index contributed by atoms with van der Waals surface area (Å²) in [5, 5.41) is 12.6. The van der Waals surface area contributed by atoms with Crippen LogP contribution in [0.2, 0.25) is 0 Å². The third-order valence-electron chi connectivity index (χ3n) is 2.03. The molecule has 0 atom stereocenters. The first kappa shape index (κ1) is 14.2. The molecule has 0 saturated heterocycles. The summed E-state index contributed by atoms with van der Waals surface area (Å²) in [4.78, 5) is 11.7. The third kappa shape index (κ3) is 4.56. The first-order valence-electron chi connectivity index (χ1n) is 5.26. The lowest BCUT2D eigenvalue weighted by molar-refractivity contribution is 0.0941. The maximum Gasteiger partial charge on any atom is 0.273 e. The Morgan fingerprint density at radius 1 is 1.39 bits per heavy atom. The lowest BCUT2D eigenvalue weighted by atomic mass is 10.2. The number of carbonyl (C=O) groups is 1. The van der Waals surface area contributed by atoms with Crippen LogP contribution in [0.1, 0.15) is 10.4 Å². The molecule has 0 unspecified atom stereocenters. The van der Waals surface area contributed by atoms with E-state index in [1.54, 1.807) is 19.2 Å². The van der Waals surface area contributed by atoms with E-state index in [4.69, 9.17) is 17.0 Å². The van der Waals surface area contributed by atoms with Crippen LogP contribution in [0.4, 0.5) is 0 Å². The number of phenolic OH excluding ortho intramolecular Hbond substituents is 1. The number of ether oxygens (including phenoxy) is 1. The van der Waals surface area contributed by atoms with Crippen LogP contribution >= 0.6 is 12.2 Å². The highest BCUT2D eigenvalue weighted by atomic mass is 32.1. The lowest BCUT2D eigenvalue weighted by Crippen LogP contribution is -2.47. The van der Waals surface area contributed by atoms with Crippen LogP contribution in [0.5, 0.6) is 5.75 Å². The number of phenols is 1. The Hall–Kier alpha value is -1.86. The van der Waals surface area contributed by atoms with E-state index in [-0.39, 0.29) is 16.4 Å². The maximum atomic E-state index is 11.7. The number of para-hydroxylation sites is 1. The molecule has 0 saturated carbocycles. The highest BCUT2D eigenvalue weighted by molar-refractivity contribution is 7.80. The van der Waals surface area contributed by atoms with E-state index in [0.29, 0.717) is 13.2 Å². The summed E-state index contributed by atoms with van der Waals surface area (Å²) in [6.45, 7) is 1.05.